The van der Waals surface area contributed by atoms with E-state index in [0.29, 0.717) is 44.9 Å². The van der Waals surface area contributed by atoms with Gasteiger partial charge in [-0.15, -0.1) is 0 Å². The van der Waals surface area contributed by atoms with Crippen molar-refractivity contribution in [2.24, 2.45) is 50.2 Å². The Labute approximate surface area is 431 Å². The second-order valence-electron chi connectivity index (χ2n) is 25.4. The molecule has 22 nitrogen and oxygen atoms in total. The third-order valence-corrected chi connectivity index (χ3v) is 20.7. The fourth-order valence-corrected chi connectivity index (χ4v) is 15.9. The molecule has 424 valence electrons. The molecule has 0 aromatic rings. The molecule has 4 heterocycles. The topological polar surface area (TPSA) is 354 Å². The number of ether oxygens (including phenoxy) is 8. The highest BCUT2D eigenvalue weighted by Crippen LogP contribution is 2.76. The highest BCUT2D eigenvalue weighted by atomic mass is 16.8. The van der Waals surface area contributed by atoms with E-state index in [2.05, 4.69) is 40.7 Å². The molecule has 0 bridgehead atoms. The third-order valence-electron chi connectivity index (χ3n) is 20.7. The maximum absolute atomic E-state index is 15.8. The van der Waals surface area contributed by atoms with Crippen LogP contribution in [0.1, 0.15) is 106 Å². The van der Waals surface area contributed by atoms with Crippen molar-refractivity contribution in [3.8, 4) is 0 Å². The van der Waals surface area contributed by atoms with Gasteiger partial charge in [-0.1, -0.05) is 53.2 Å². The molecule has 9 rings (SSSR count). The molecule has 0 unspecified atom stereocenters. The number of allylic oxidation sites excluding steroid dienone is 2. The van der Waals surface area contributed by atoms with Gasteiger partial charge in [0.15, 0.2) is 25.0 Å². The van der Waals surface area contributed by atoms with Gasteiger partial charge in [0, 0.05) is 5.41 Å². The monoisotopic (exact) mass is 1060 g/mol. The van der Waals surface area contributed by atoms with Crippen molar-refractivity contribution in [1.29, 1.82) is 0 Å². The summed E-state index contributed by atoms with van der Waals surface area (Å²) in [6.07, 6.45) is -25.1. The summed E-state index contributed by atoms with van der Waals surface area (Å²) >= 11 is 0. The molecular weight excluding hydrogens is 977 g/mol. The van der Waals surface area contributed by atoms with Gasteiger partial charge in [-0.25, -0.2) is 0 Å². The molecule has 0 spiro atoms. The summed E-state index contributed by atoms with van der Waals surface area (Å²) in [6.45, 7) is 12.6. The Morgan fingerprint density at radius 3 is 1.91 bits per heavy atom. The van der Waals surface area contributed by atoms with E-state index in [1.165, 1.54) is 6.92 Å². The standard InChI is InChI=1S/C52H84O22/c1-22-31(57)35(61)38(64)44(70-22)73-40-39(72-43-37(63)33(59)27(56)19-68-43)34(60)28(20-69-42-36(62)32(58)26(55)18-67-42)71-45(40)74-46(66)52-14-12-47(2,3)16-24(52)23-8-9-30-48(4)17-25(54)41(65)49(5,21-53)29(48)10-11-51(30,7)50(23,6)13-15-52/h8,22,24-45,53-65H,9-21H2,1-7H3/t22-,24-,25+,26+,27+,28+,29+,30+,31-,32+,33-,34+,35+,36-,37+,38+,39-,40+,41-,42+,43-,44-,45-,48-,49-,50+,51+,52-/m0/s1. The predicted molar refractivity (Wildman–Crippen MR) is 252 cm³/mol. The van der Waals surface area contributed by atoms with Crippen molar-refractivity contribution in [1.82, 2.24) is 0 Å². The average Bonchev–Trinajstić information content (AvgIpc) is 3.35. The predicted octanol–water partition coefficient (Wildman–Crippen LogP) is -1.79. The number of aliphatic hydroxyl groups is 13. The van der Waals surface area contributed by atoms with Gasteiger partial charge in [0.1, 0.15) is 73.2 Å². The molecule has 0 amide bonds. The van der Waals surface area contributed by atoms with Crippen LogP contribution in [0.15, 0.2) is 11.6 Å². The van der Waals surface area contributed by atoms with E-state index in [4.69, 9.17) is 37.9 Å². The zero-order chi connectivity index (χ0) is 54.0. The Morgan fingerprint density at radius 2 is 1.24 bits per heavy atom. The molecule has 8 fully saturated rings. The molecule has 74 heavy (non-hydrogen) atoms. The first-order valence-corrected chi connectivity index (χ1v) is 26.7. The van der Waals surface area contributed by atoms with Crippen LogP contribution in [-0.2, 0) is 42.7 Å². The van der Waals surface area contributed by atoms with Crippen molar-refractivity contribution in [2.75, 3.05) is 26.4 Å². The van der Waals surface area contributed by atoms with Crippen LogP contribution in [0, 0.1) is 50.2 Å². The fourth-order valence-electron chi connectivity index (χ4n) is 15.9. The number of rotatable bonds is 10. The summed E-state index contributed by atoms with van der Waals surface area (Å²) in [7, 11) is 0. The van der Waals surface area contributed by atoms with E-state index in [9.17, 15) is 66.4 Å². The van der Waals surface area contributed by atoms with Gasteiger partial charge in [-0.3, -0.25) is 4.79 Å². The number of fused-ring (bicyclic) bond motifs is 7. The number of hydrogen-bond donors (Lipinski definition) is 13. The number of esters is 1. The lowest BCUT2D eigenvalue weighted by Gasteiger charge is -2.71. The minimum Gasteiger partial charge on any atom is -0.432 e. The first-order chi connectivity index (χ1) is 34.6. The molecule has 4 aliphatic heterocycles. The highest BCUT2D eigenvalue weighted by molar-refractivity contribution is 5.79. The summed E-state index contributed by atoms with van der Waals surface area (Å²) in [5.41, 5.74) is -2.35. The third kappa shape index (κ3) is 9.16. The fraction of sp³-hybridized carbons (Fsp3) is 0.942. The largest absolute Gasteiger partial charge is 0.432 e. The first-order valence-electron chi connectivity index (χ1n) is 26.7. The summed E-state index contributed by atoms with van der Waals surface area (Å²) in [6, 6.07) is 0. The molecule has 4 saturated heterocycles. The zero-order valence-corrected chi connectivity index (χ0v) is 43.5. The number of hydrogen-bond acceptors (Lipinski definition) is 22. The van der Waals surface area contributed by atoms with Crippen LogP contribution in [0.4, 0.5) is 0 Å². The molecule has 13 N–H and O–H groups in total. The number of carbonyl (C=O) groups excluding carboxylic acids is 1. The average molecular weight is 1060 g/mol. The van der Waals surface area contributed by atoms with Gasteiger partial charge in [-0.2, -0.15) is 0 Å². The Bertz CT molecular complexity index is 2050. The van der Waals surface area contributed by atoms with Gasteiger partial charge in [0.25, 0.3) is 0 Å². The maximum Gasteiger partial charge on any atom is 0.315 e. The lowest BCUT2D eigenvalue weighted by atomic mass is 9.33. The van der Waals surface area contributed by atoms with Crippen molar-refractivity contribution in [3.05, 3.63) is 11.6 Å². The second kappa shape index (κ2) is 20.5. The van der Waals surface area contributed by atoms with Crippen LogP contribution in [0.3, 0.4) is 0 Å². The zero-order valence-electron chi connectivity index (χ0n) is 43.5. The number of aliphatic hydroxyl groups excluding tert-OH is 13. The van der Waals surface area contributed by atoms with Crippen LogP contribution >= 0.6 is 0 Å². The minimum atomic E-state index is -1.92. The van der Waals surface area contributed by atoms with Crippen molar-refractivity contribution in [3.63, 3.8) is 0 Å². The number of carbonyl (C=O) groups is 1. The quantitative estimate of drug-likeness (QED) is 0.0849. The molecule has 5 aliphatic carbocycles. The molecule has 0 aromatic heterocycles. The van der Waals surface area contributed by atoms with Gasteiger partial charge in [0.05, 0.1) is 50.2 Å². The molecule has 22 heteroatoms. The summed E-state index contributed by atoms with van der Waals surface area (Å²) in [5.74, 6) is -1.03. The minimum absolute atomic E-state index is 0.0616. The molecular formula is C52H84O22. The van der Waals surface area contributed by atoms with Crippen LogP contribution < -0.4 is 0 Å². The first kappa shape index (κ1) is 57.1. The van der Waals surface area contributed by atoms with Gasteiger partial charge in [-0.05, 0) is 104 Å². The lowest BCUT2D eigenvalue weighted by Crippen LogP contribution is -2.68. The van der Waals surface area contributed by atoms with E-state index < -0.39 is 170 Å². The van der Waals surface area contributed by atoms with Gasteiger partial charge in [0.2, 0.25) is 6.29 Å². The summed E-state index contributed by atoms with van der Waals surface area (Å²) in [4.78, 5) is 15.8. The van der Waals surface area contributed by atoms with Gasteiger partial charge >= 0.3 is 5.97 Å². The Hall–Kier alpha value is -1.59. The van der Waals surface area contributed by atoms with Crippen molar-refractivity contribution >= 4 is 5.97 Å². The smallest absolute Gasteiger partial charge is 0.315 e. The Kier molecular flexibility index (Phi) is 15.8. The van der Waals surface area contributed by atoms with Gasteiger partial charge < -0.3 is 104 Å². The second-order valence-corrected chi connectivity index (χ2v) is 25.4. The molecule has 28 atom stereocenters. The molecule has 9 aliphatic rings. The molecule has 4 saturated carbocycles. The molecule has 0 aromatic carbocycles. The van der Waals surface area contributed by atoms with Crippen molar-refractivity contribution in [2.45, 2.75) is 229 Å². The Balaban J connectivity index is 1.08. The molecule has 0 radical (unpaired) electrons. The van der Waals surface area contributed by atoms with E-state index in [1.807, 2.05) is 6.92 Å². The van der Waals surface area contributed by atoms with E-state index in [-0.39, 0.29) is 35.2 Å². The van der Waals surface area contributed by atoms with Crippen LogP contribution in [0.5, 0.6) is 0 Å². The summed E-state index contributed by atoms with van der Waals surface area (Å²) in [5, 5.41) is 142. The maximum atomic E-state index is 15.8. The van der Waals surface area contributed by atoms with E-state index in [1.54, 1.807) is 0 Å². The Morgan fingerprint density at radius 1 is 0.635 bits per heavy atom. The van der Waals surface area contributed by atoms with Crippen LogP contribution in [0.25, 0.3) is 0 Å². The normalized spacial score (nSPS) is 55.4. The summed E-state index contributed by atoms with van der Waals surface area (Å²) < 4.78 is 48.3. The lowest BCUT2D eigenvalue weighted by molar-refractivity contribution is -0.385. The van der Waals surface area contributed by atoms with E-state index >= 15 is 4.79 Å². The van der Waals surface area contributed by atoms with E-state index in [0.717, 1.165) is 18.4 Å². The van der Waals surface area contributed by atoms with Crippen molar-refractivity contribution < 1.29 is 109 Å². The highest BCUT2D eigenvalue weighted by Gasteiger charge is 2.71. The SMILES string of the molecule is C[C@@H]1O[C@@H](O[C@H]2[C@H](OC(=O)[C@]34CCC(C)(C)C[C@H]3C3=CC[C@@H]5[C@@]6(C)C[C@@H](O)[C@H](O)[C@@](C)(CO)[C@@H]6CC[C@@]5(C)[C@]3(C)CC4)O[C@H](CO[C@H]3OC[C@@H](O)[C@@H](O)[C@@H]3O)[C@@H](O)[C@@H]2O[C@@H]2OC[C@@H](O)[C@H](O)[C@H]2O)[C@H](O)[C@H](O)[C@H]1O. The van der Waals surface area contributed by atoms with Crippen LogP contribution in [-0.4, -0.2) is 222 Å². The van der Waals surface area contributed by atoms with Crippen LogP contribution in [0.2, 0.25) is 0 Å².